The molecule has 1 fully saturated rings. The minimum atomic E-state index is -0.296. The lowest BCUT2D eigenvalue weighted by atomic mass is 9.74. The van der Waals surface area contributed by atoms with Crippen molar-refractivity contribution in [3.05, 3.63) is 95.8 Å². The molecule has 1 heterocycles. The minimum Gasteiger partial charge on any atom is -0.489 e. The fourth-order valence-electron chi connectivity index (χ4n) is 4.16. The number of rotatable bonds is 8. The highest BCUT2D eigenvalue weighted by Crippen LogP contribution is 2.48. The van der Waals surface area contributed by atoms with E-state index in [2.05, 4.69) is 0 Å². The molecule has 0 saturated carbocycles. The maximum atomic E-state index is 13.4. The average molecular weight is 424 g/mol. The van der Waals surface area contributed by atoms with E-state index in [4.69, 9.17) is 16.3 Å². The summed E-state index contributed by atoms with van der Waals surface area (Å²) in [6, 6.07) is 24.0. The largest absolute Gasteiger partial charge is 0.489 e. The molecule has 3 unspecified atom stereocenters. The third-order valence-electron chi connectivity index (χ3n) is 5.64. The van der Waals surface area contributed by atoms with Gasteiger partial charge in [0.15, 0.2) is 0 Å². The molecule has 5 heteroatoms. The molecular weight excluding hydrogens is 401 g/mol. The van der Waals surface area contributed by atoms with Crippen molar-refractivity contribution in [3.63, 3.8) is 0 Å². The lowest BCUT2D eigenvalue weighted by Crippen LogP contribution is -2.59. The van der Waals surface area contributed by atoms with E-state index < -0.39 is 0 Å². The number of anilines is 1. The Hall–Kier alpha value is -2.85. The third kappa shape index (κ3) is 4.19. The molecule has 0 spiro atoms. The Bertz CT molecular complexity index is 963. The number of ether oxygens (including phenoxy) is 1. The monoisotopic (exact) mass is 423 g/mol. The number of alkyl halides is 1. The van der Waals surface area contributed by atoms with Crippen LogP contribution in [0.2, 0.25) is 0 Å². The zero-order valence-corrected chi connectivity index (χ0v) is 17.2. The molecule has 0 radical (unpaired) electrons. The average Bonchev–Trinajstić information content (AvgIpc) is 2.78. The van der Waals surface area contributed by atoms with Crippen molar-refractivity contribution >= 4 is 23.6 Å². The number of carbonyl (C=O) groups excluding carboxylic acids is 1. The van der Waals surface area contributed by atoms with Crippen LogP contribution in [0.1, 0.15) is 23.6 Å². The summed E-state index contributed by atoms with van der Waals surface area (Å²) in [6.45, 7) is 0.507. The van der Waals surface area contributed by atoms with E-state index in [9.17, 15) is 9.18 Å². The second-order valence-electron chi connectivity index (χ2n) is 7.44. The number of carbonyl (C=O) groups is 1. The first-order valence-electron chi connectivity index (χ1n) is 10.0. The van der Waals surface area contributed by atoms with Crippen molar-refractivity contribution < 1.29 is 13.9 Å². The standard InChI is InChI=1S/C25H23ClFNO2/c26-15-14-23-24(16-29)28(21-10-8-20(27)9-11-21)25(23)19-6-12-22(13-7-19)30-17-18-4-2-1-3-5-18/h1-13,16,23-25H,14-15,17H2. The Balaban J connectivity index is 1.54. The Labute approximate surface area is 181 Å². The van der Waals surface area contributed by atoms with Gasteiger partial charge < -0.3 is 14.4 Å². The molecule has 154 valence electrons. The van der Waals surface area contributed by atoms with Gasteiger partial charge in [0, 0.05) is 17.5 Å². The summed E-state index contributed by atoms with van der Waals surface area (Å²) < 4.78 is 19.3. The van der Waals surface area contributed by atoms with E-state index in [1.54, 1.807) is 12.1 Å². The number of nitrogens with zero attached hydrogens (tertiary/aromatic N) is 1. The van der Waals surface area contributed by atoms with Gasteiger partial charge >= 0.3 is 0 Å². The summed E-state index contributed by atoms with van der Waals surface area (Å²) >= 11 is 6.02. The molecule has 3 nitrogen and oxygen atoms in total. The Kier molecular flexibility index (Phi) is 6.34. The molecule has 0 bridgehead atoms. The third-order valence-corrected chi connectivity index (χ3v) is 5.86. The second-order valence-corrected chi connectivity index (χ2v) is 7.82. The van der Waals surface area contributed by atoms with Gasteiger partial charge in [0.1, 0.15) is 24.5 Å². The maximum absolute atomic E-state index is 13.4. The summed E-state index contributed by atoms with van der Waals surface area (Å²) in [7, 11) is 0. The van der Waals surface area contributed by atoms with Gasteiger partial charge in [0.25, 0.3) is 0 Å². The summed E-state index contributed by atoms with van der Waals surface area (Å²) in [5.41, 5.74) is 3.02. The fourth-order valence-corrected chi connectivity index (χ4v) is 4.41. The molecule has 0 amide bonds. The zero-order valence-electron chi connectivity index (χ0n) is 16.5. The van der Waals surface area contributed by atoms with E-state index >= 15 is 0 Å². The highest BCUT2D eigenvalue weighted by molar-refractivity contribution is 6.17. The van der Waals surface area contributed by atoms with Gasteiger partial charge in [-0.25, -0.2) is 4.39 Å². The topological polar surface area (TPSA) is 29.5 Å². The fraction of sp³-hybridized carbons (Fsp3) is 0.240. The quantitative estimate of drug-likeness (QED) is 0.340. The van der Waals surface area contributed by atoms with Crippen molar-refractivity contribution in [1.29, 1.82) is 0 Å². The molecule has 3 atom stereocenters. The first-order valence-corrected chi connectivity index (χ1v) is 10.6. The van der Waals surface area contributed by atoms with Gasteiger partial charge in [-0.3, -0.25) is 0 Å². The van der Waals surface area contributed by atoms with Crippen LogP contribution in [0.15, 0.2) is 78.9 Å². The molecule has 0 aromatic heterocycles. The molecule has 3 aromatic rings. The van der Waals surface area contributed by atoms with Gasteiger partial charge in [-0.1, -0.05) is 42.5 Å². The Morgan fingerprint density at radius 1 is 0.967 bits per heavy atom. The van der Waals surface area contributed by atoms with Crippen molar-refractivity contribution in [2.75, 3.05) is 10.8 Å². The molecule has 1 aliphatic heterocycles. The van der Waals surface area contributed by atoms with Crippen LogP contribution in [0, 0.1) is 11.7 Å². The maximum Gasteiger partial charge on any atom is 0.142 e. The van der Waals surface area contributed by atoms with Crippen molar-refractivity contribution in [3.8, 4) is 5.75 Å². The number of benzene rings is 3. The van der Waals surface area contributed by atoms with Crippen LogP contribution in [0.3, 0.4) is 0 Å². The molecule has 1 aliphatic rings. The van der Waals surface area contributed by atoms with Crippen LogP contribution < -0.4 is 9.64 Å². The van der Waals surface area contributed by atoms with Crippen LogP contribution in [-0.2, 0) is 11.4 Å². The zero-order chi connectivity index (χ0) is 20.9. The number of hydrogen-bond acceptors (Lipinski definition) is 3. The first kappa shape index (κ1) is 20.4. The molecule has 30 heavy (non-hydrogen) atoms. The predicted molar refractivity (Wildman–Crippen MR) is 118 cm³/mol. The summed E-state index contributed by atoms with van der Waals surface area (Å²) in [5.74, 6) is 1.09. The SMILES string of the molecule is O=CC1C(CCCl)C(c2ccc(OCc3ccccc3)cc2)N1c1ccc(F)cc1. The summed E-state index contributed by atoms with van der Waals surface area (Å²) in [5, 5.41) is 0. The van der Waals surface area contributed by atoms with Crippen LogP contribution >= 0.6 is 11.6 Å². The van der Waals surface area contributed by atoms with Crippen molar-refractivity contribution in [1.82, 2.24) is 0 Å². The highest BCUT2D eigenvalue weighted by Gasteiger charge is 2.48. The van der Waals surface area contributed by atoms with E-state index in [1.807, 2.05) is 59.5 Å². The van der Waals surface area contributed by atoms with Gasteiger partial charge in [-0.15, -0.1) is 11.6 Å². The van der Waals surface area contributed by atoms with E-state index in [-0.39, 0.29) is 23.8 Å². The van der Waals surface area contributed by atoms with Gasteiger partial charge in [-0.05, 0) is 53.9 Å². The van der Waals surface area contributed by atoms with Gasteiger partial charge in [-0.2, -0.15) is 0 Å². The molecule has 0 N–H and O–H groups in total. The van der Waals surface area contributed by atoms with Crippen LogP contribution in [0.25, 0.3) is 0 Å². The predicted octanol–water partition coefficient (Wildman–Crippen LogP) is 5.78. The lowest BCUT2D eigenvalue weighted by Gasteiger charge is -2.55. The normalized spacial score (nSPS) is 20.5. The smallest absolute Gasteiger partial charge is 0.142 e. The number of hydrogen-bond donors (Lipinski definition) is 0. The first-order chi connectivity index (χ1) is 14.7. The Morgan fingerprint density at radius 2 is 1.67 bits per heavy atom. The second kappa shape index (κ2) is 9.31. The molecule has 0 aliphatic carbocycles. The molecule has 1 saturated heterocycles. The lowest BCUT2D eigenvalue weighted by molar-refractivity contribution is -0.112. The van der Waals surface area contributed by atoms with E-state index in [1.165, 1.54) is 12.1 Å². The van der Waals surface area contributed by atoms with Crippen molar-refractivity contribution in [2.45, 2.75) is 25.1 Å². The summed E-state index contributed by atoms with van der Waals surface area (Å²) in [4.78, 5) is 13.8. The molecule has 4 rings (SSSR count). The number of halogens is 2. The Morgan fingerprint density at radius 3 is 2.30 bits per heavy atom. The van der Waals surface area contributed by atoms with E-state index in [0.29, 0.717) is 12.5 Å². The molecule has 3 aromatic carbocycles. The van der Waals surface area contributed by atoms with Crippen LogP contribution in [0.5, 0.6) is 5.75 Å². The van der Waals surface area contributed by atoms with Crippen LogP contribution in [-0.4, -0.2) is 18.2 Å². The highest BCUT2D eigenvalue weighted by atomic mass is 35.5. The van der Waals surface area contributed by atoms with Gasteiger partial charge in [0.05, 0.1) is 12.1 Å². The van der Waals surface area contributed by atoms with Crippen LogP contribution in [0.4, 0.5) is 10.1 Å². The van der Waals surface area contributed by atoms with Gasteiger partial charge in [0.2, 0.25) is 0 Å². The summed E-state index contributed by atoms with van der Waals surface area (Å²) in [6.07, 6.45) is 1.70. The van der Waals surface area contributed by atoms with Crippen molar-refractivity contribution in [2.24, 2.45) is 5.92 Å². The molecular formula is C25H23ClFNO2. The number of aldehydes is 1. The van der Waals surface area contributed by atoms with E-state index in [0.717, 1.165) is 35.3 Å². The minimum absolute atomic E-state index is 0.00702.